The molecule has 0 aromatic heterocycles. The second-order valence-electron chi connectivity index (χ2n) is 6.34. The molecular weight excluding hydrogens is 353 g/mol. The van der Waals surface area contributed by atoms with Crippen LogP contribution in [0.15, 0.2) is 36.4 Å². The molecule has 8 heteroatoms. The van der Waals surface area contributed by atoms with Crippen molar-refractivity contribution < 1.29 is 23.5 Å². The number of carbonyl (C=O) groups excluding carboxylic acids is 2. The van der Waals surface area contributed by atoms with E-state index in [0.29, 0.717) is 29.4 Å². The molecule has 2 aliphatic heterocycles. The average Bonchev–Trinajstić information content (AvgIpc) is 3.09. The summed E-state index contributed by atoms with van der Waals surface area (Å²) in [6, 6.07) is 9.17. The minimum Gasteiger partial charge on any atom is -0.454 e. The molecule has 140 valence electrons. The van der Waals surface area contributed by atoms with Gasteiger partial charge < -0.3 is 19.7 Å². The molecule has 2 heterocycles. The van der Waals surface area contributed by atoms with Gasteiger partial charge in [-0.3, -0.25) is 10.1 Å². The number of nitrogens with one attached hydrogen (secondary N) is 2. The summed E-state index contributed by atoms with van der Waals surface area (Å²) in [6.07, 6.45) is 1.60. The van der Waals surface area contributed by atoms with Crippen LogP contribution in [0.4, 0.5) is 20.6 Å². The Morgan fingerprint density at radius 3 is 2.89 bits per heavy atom. The standard InChI is InChI=1S/C19H18FN3O4/c20-14-5-1-3-12-4-2-8-23(18(12)14)10-17(24)22-19(25)21-13-6-7-15-16(9-13)27-11-26-15/h1,3,5-7,9H,2,4,8,10-11H2,(H2,21,22,24,25). The maximum Gasteiger partial charge on any atom is 0.325 e. The lowest BCUT2D eigenvalue weighted by atomic mass is 10.0. The minimum absolute atomic E-state index is 0.0947. The van der Waals surface area contributed by atoms with Crippen molar-refractivity contribution in [3.05, 3.63) is 47.8 Å². The summed E-state index contributed by atoms with van der Waals surface area (Å²) in [5, 5.41) is 4.84. The SMILES string of the molecule is O=C(CN1CCCc2cccc(F)c21)NC(=O)Nc1ccc2c(c1)OCO2. The van der Waals surface area contributed by atoms with Crippen LogP contribution in [0.2, 0.25) is 0 Å². The zero-order valence-electron chi connectivity index (χ0n) is 14.5. The number of benzene rings is 2. The Morgan fingerprint density at radius 2 is 2.00 bits per heavy atom. The first kappa shape index (κ1) is 17.1. The van der Waals surface area contributed by atoms with Gasteiger partial charge >= 0.3 is 6.03 Å². The van der Waals surface area contributed by atoms with Gasteiger partial charge in [-0.05, 0) is 36.6 Å². The van der Waals surface area contributed by atoms with Crippen molar-refractivity contribution in [2.24, 2.45) is 0 Å². The van der Waals surface area contributed by atoms with Gasteiger partial charge in [-0.15, -0.1) is 0 Å². The number of para-hydroxylation sites is 1. The molecule has 0 unspecified atom stereocenters. The third-order valence-electron chi connectivity index (χ3n) is 4.48. The summed E-state index contributed by atoms with van der Waals surface area (Å²) in [7, 11) is 0. The van der Waals surface area contributed by atoms with Gasteiger partial charge in [0.05, 0.1) is 12.2 Å². The highest BCUT2D eigenvalue weighted by Gasteiger charge is 2.23. The van der Waals surface area contributed by atoms with E-state index in [1.165, 1.54) is 6.07 Å². The van der Waals surface area contributed by atoms with Crippen LogP contribution in [0.25, 0.3) is 0 Å². The molecule has 2 N–H and O–H groups in total. The fraction of sp³-hybridized carbons (Fsp3) is 0.263. The number of imide groups is 1. The Balaban J connectivity index is 1.37. The summed E-state index contributed by atoms with van der Waals surface area (Å²) in [5.74, 6) is 0.261. The molecule has 7 nitrogen and oxygen atoms in total. The van der Waals surface area contributed by atoms with E-state index in [-0.39, 0.29) is 19.2 Å². The van der Waals surface area contributed by atoms with Crippen molar-refractivity contribution >= 4 is 23.3 Å². The lowest BCUT2D eigenvalue weighted by Gasteiger charge is -2.30. The third kappa shape index (κ3) is 3.64. The summed E-state index contributed by atoms with van der Waals surface area (Å²) in [5.41, 5.74) is 1.79. The molecule has 0 spiro atoms. The molecule has 4 rings (SSSR count). The second-order valence-corrected chi connectivity index (χ2v) is 6.34. The van der Waals surface area contributed by atoms with Crippen LogP contribution >= 0.6 is 0 Å². The van der Waals surface area contributed by atoms with E-state index in [2.05, 4.69) is 10.6 Å². The Bertz CT molecular complexity index is 903. The third-order valence-corrected chi connectivity index (χ3v) is 4.48. The molecule has 2 aromatic rings. The van der Waals surface area contributed by atoms with Gasteiger partial charge in [0.25, 0.3) is 0 Å². The lowest BCUT2D eigenvalue weighted by Crippen LogP contribution is -2.43. The molecule has 2 aliphatic rings. The van der Waals surface area contributed by atoms with Gasteiger partial charge in [-0.1, -0.05) is 12.1 Å². The average molecular weight is 371 g/mol. The topological polar surface area (TPSA) is 79.9 Å². The van der Waals surface area contributed by atoms with Crippen LogP contribution < -0.4 is 25.0 Å². The van der Waals surface area contributed by atoms with E-state index in [0.717, 1.165) is 18.4 Å². The van der Waals surface area contributed by atoms with E-state index in [9.17, 15) is 14.0 Å². The second kappa shape index (κ2) is 7.14. The summed E-state index contributed by atoms with van der Waals surface area (Å²) >= 11 is 0. The first-order chi connectivity index (χ1) is 13.1. The van der Waals surface area contributed by atoms with Gasteiger partial charge in [0, 0.05) is 18.3 Å². The number of ether oxygens (including phenoxy) is 2. The van der Waals surface area contributed by atoms with Crippen LogP contribution in [-0.2, 0) is 11.2 Å². The number of hydrogen-bond donors (Lipinski definition) is 2. The van der Waals surface area contributed by atoms with Crippen LogP contribution in [-0.4, -0.2) is 31.8 Å². The Morgan fingerprint density at radius 1 is 1.15 bits per heavy atom. The van der Waals surface area contributed by atoms with Gasteiger partial charge in [0.1, 0.15) is 5.82 Å². The number of urea groups is 1. The van der Waals surface area contributed by atoms with E-state index in [1.807, 2.05) is 6.07 Å². The number of aryl methyl sites for hydroxylation is 1. The van der Waals surface area contributed by atoms with E-state index < -0.39 is 11.9 Å². The molecule has 0 aliphatic carbocycles. The molecule has 27 heavy (non-hydrogen) atoms. The maximum atomic E-state index is 14.2. The summed E-state index contributed by atoms with van der Waals surface area (Å²) < 4.78 is 24.6. The van der Waals surface area contributed by atoms with Crippen molar-refractivity contribution in [2.75, 3.05) is 30.1 Å². The van der Waals surface area contributed by atoms with Crippen LogP contribution in [0.3, 0.4) is 0 Å². The molecule has 0 radical (unpaired) electrons. The number of halogens is 1. The van der Waals surface area contributed by atoms with E-state index >= 15 is 0 Å². The lowest BCUT2D eigenvalue weighted by molar-refractivity contribution is -0.118. The first-order valence-corrected chi connectivity index (χ1v) is 8.63. The van der Waals surface area contributed by atoms with Crippen LogP contribution in [0, 0.1) is 5.82 Å². The Labute approximate surface area is 155 Å². The number of carbonyl (C=O) groups is 2. The van der Waals surface area contributed by atoms with Crippen molar-refractivity contribution in [3.8, 4) is 11.5 Å². The molecule has 0 fully saturated rings. The predicted molar refractivity (Wildman–Crippen MR) is 96.7 cm³/mol. The molecule has 0 saturated carbocycles. The monoisotopic (exact) mass is 371 g/mol. The number of fused-ring (bicyclic) bond motifs is 2. The number of hydrogen-bond acceptors (Lipinski definition) is 5. The molecule has 3 amide bonds. The van der Waals surface area contributed by atoms with E-state index in [1.54, 1.807) is 29.2 Å². The first-order valence-electron chi connectivity index (χ1n) is 8.63. The highest BCUT2D eigenvalue weighted by Crippen LogP contribution is 2.34. The van der Waals surface area contributed by atoms with Gasteiger partial charge in [0.15, 0.2) is 11.5 Å². The van der Waals surface area contributed by atoms with Gasteiger partial charge in [-0.2, -0.15) is 0 Å². The smallest absolute Gasteiger partial charge is 0.325 e. The predicted octanol–water partition coefficient (Wildman–Crippen LogP) is 2.66. The van der Waals surface area contributed by atoms with Crippen molar-refractivity contribution in [1.82, 2.24) is 5.32 Å². The normalized spacial score (nSPS) is 14.5. The minimum atomic E-state index is -0.662. The summed E-state index contributed by atoms with van der Waals surface area (Å²) in [4.78, 5) is 26.0. The van der Waals surface area contributed by atoms with E-state index in [4.69, 9.17) is 9.47 Å². The Kier molecular flexibility index (Phi) is 4.53. The van der Waals surface area contributed by atoms with Crippen LogP contribution in [0.5, 0.6) is 11.5 Å². The Hall–Kier alpha value is -3.29. The fourth-order valence-electron chi connectivity index (χ4n) is 3.32. The maximum absolute atomic E-state index is 14.2. The highest BCUT2D eigenvalue weighted by molar-refractivity contribution is 6.02. The number of rotatable bonds is 3. The zero-order chi connectivity index (χ0) is 18.8. The molecular formula is C19H18FN3O4. The fourth-order valence-corrected chi connectivity index (χ4v) is 3.32. The molecule has 0 atom stereocenters. The number of nitrogens with zero attached hydrogens (tertiary/aromatic N) is 1. The van der Waals surface area contributed by atoms with Crippen molar-refractivity contribution in [1.29, 1.82) is 0 Å². The number of amides is 3. The molecule has 0 saturated heterocycles. The van der Waals surface area contributed by atoms with Gasteiger partial charge in [-0.25, -0.2) is 9.18 Å². The van der Waals surface area contributed by atoms with Crippen LogP contribution in [0.1, 0.15) is 12.0 Å². The zero-order valence-corrected chi connectivity index (χ0v) is 14.5. The highest BCUT2D eigenvalue weighted by atomic mass is 19.1. The van der Waals surface area contributed by atoms with Crippen molar-refractivity contribution in [3.63, 3.8) is 0 Å². The quantitative estimate of drug-likeness (QED) is 0.867. The molecule has 2 aromatic carbocycles. The summed E-state index contributed by atoms with van der Waals surface area (Å²) in [6.45, 7) is 0.602. The van der Waals surface area contributed by atoms with Crippen molar-refractivity contribution in [2.45, 2.75) is 12.8 Å². The number of anilines is 2. The molecule has 0 bridgehead atoms. The van der Waals surface area contributed by atoms with Gasteiger partial charge in [0.2, 0.25) is 12.7 Å². The largest absolute Gasteiger partial charge is 0.454 e.